The van der Waals surface area contributed by atoms with E-state index in [0.717, 1.165) is 6.92 Å². The fourth-order valence-corrected chi connectivity index (χ4v) is 2.39. The molecule has 0 aromatic carbocycles. The maximum atomic E-state index is 12.7. The standard InChI is InChI=1S/C15H21F3N4O2/c1-12(15(16,17)18)21-6-8-22(9-7-21)14(23)20-5-10-24-13-3-2-4-19-11-13/h2-4,11-12H,5-10H2,1H3,(H,20,23)/t12-/m0/s1. The van der Waals surface area contributed by atoms with Crippen molar-refractivity contribution >= 4 is 6.03 Å². The van der Waals surface area contributed by atoms with Gasteiger partial charge < -0.3 is 15.0 Å². The van der Waals surface area contributed by atoms with E-state index in [2.05, 4.69) is 10.3 Å². The third-order valence-electron chi connectivity index (χ3n) is 3.90. The van der Waals surface area contributed by atoms with Gasteiger partial charge in [0.25, 0.3) is 0 Å². The molecule has 134 valence electrons. The third-order valence-corrected chi connectivity index (χ3v) is 3.90. The van der Waals surface area contributed by atoms with Gasteiger partial charge >= 0.3 is 12.2 Å². The molecule has 0 saturated carbocycles. The van der Waals surface area contributed by atoms with Crippen molar-refractivity contribution in [2.45, 2.75) is 19.1 Å². The van der Waals surface area contributed by atoms with Crippen molar-refractivity contribution in [3.8, 4) is 5.75 Å². The molecule has 1 saturated heterocycles. The van der Waals surface area contributed by atoms with Crippen LogP contribution in [0.15, 0.2) is 24.5 Å². The summed E-state index contributed by atoms with van der Waals surface area (Å²) in [6.07, 6.45) is -1.04. The summed E-state index contributed by atoms with van der Waals surface area (Å²) in [5.74, 6) is 0.613. The molecule has 1 aliphatic rings. The van der Waals surface area contributed by atoms with Crippen molar-refractivity contribution in [1.29, 1.82) is 0 Å². The molecule has 0 unspecified atom stereocenters. The third kappa shape index (κ3) is 5.26. The van der Waals surface area contributed by atoms with Crippen LogP contribution in [0.5, 0.6) is 5.75 Å². The van der Waals surface area contributed by atoms with E-state index in [4.69, 9.17) is 4.74 Å². The number of hydrogen-bond acceptors (Lipinski definition) is 4. The van der Waals surface area contributed by atoms with Gasteiger partial charge in [-0.25, -0.2) is 4.79 Å². The number of carbonyl (C=O) groups excluding carboxylic acids is 1. The van der Waals surface area contributed by atoms with Gasteiger partial charge in [-0.2, -0.15) is 13.2 Å². The number of alkyl halides is 3. The largest absolute Gasteiger partial charge is 0.490 e. The molecule has 0 radical (unpaired) electrons. The summed E-state index contributed by atoms with van der Waals surface area (Å²) in [6, 6.07) is 1.73. The van der Waals surface area contributed by atoms with Crippen LogP contribution in [0.4, 0.5) is 18.0 Å². The van der Waals surface area contributed by atoms with Crippen LogP contribution < -0.4 is 10.1 Å². The molecule has 1 N–H and O–H groups in total. The minimum Gasteiger partial charge on any atom is -0.490 e. The van der Waals surface area contributed by atoms with E-state index in [0.29, 0.717) is 18.9 Å². The first kappa shape index (κ1) is 18.3. The average Bonchev–Trinajstić information content (AvgIpc) is 2.58. The number of ether oxygens (including phenoxy) is 1. The first-order valence-corrected chi connectivity index (χ1v) is 7.74. The number of halogens is 3. The van der Waals surface area contributed by atoms with E-state index in [1.54, 1.807) is 24.5 Å². The van der Waals surface area contributed by atoms with Crippen LogP contribution in [0, 0.1) is 0 Å². The number of amides is 2. The Morgan fingerprint density at radius 1 is 1.38 bits per heavy atom. The smallest absolute Gasteiger partial charge is 0.403 e. The Hall–Kier alpha value is -2.03. The van der Waals surface area contributed by atoms with Crippen molar-refractivity contribution in [3.63, 3.8) is 0 Å². The summed E-state index contributed by atoms with van der Waals surface area (Å²) in [5.41, 5.74) is 0. The van der Waals surface area contributed by atoms with E-state index >= 15 is 0 Å². The lowest BCUT2D eigenvalue weighted by atomic mass is 10.2. The number of nitrogens with zero attached hydrogens (tertiary/aromatic N) is 3. The average molecular weight is 346 g/mol. The predicted octanol–water partition coefficient (Wildman–Crippen LogP) is 1.74. The lowest BCUT2D eigenvalue weighted by Crippen LogP contribution is -2.56. The molecule has 1 atom stereocenters. The van der Waals surface area contributed by atoms with E-state index < -0.39 is 12.2 Å². The number of aromatic nitrogens is 1. The van der Waals surface area contributed by atoms with Gasteiger partial charge in [-0.05, 0) is 19.1 Å². The molecule has 1 aliphatic heterocycles. The first-order valence-electron chi connectivity index (χ1n) is 7.74. The van der Waals surface area contributed by atoms with Crippen molar-refractivity contribution in [1.82, 2.24) is 20.1 Å². The number of nitrogens with one attached hydrogen (secondary N) is 1. The summed E-state index contributed by atoms with van der Waals surface area (Å²) in [7, 11) is 0. The molecule has 2 heterocycles. The van der Waals surface area contributed by atoms with Gasteiger partial charge in [0.05, 0.1) is 12.7 Å². The highest BCUT2D eigenvalue weighted by molar-refractivity contribution is 5.74. The fourth-order valence-electron chi connectivity index (χ4n) is 2.39. The summed E-state index contributed by atoms with van der Waals surface area (Å²) in [5, 5.41) is 2.70. The minimum absolute atomic E-state index is 0.209. The molecule has 9 heteroatoms. The number of rotatable bonds is 5. The Balaban J connectivity index is 1.66. The number of hydrogen-bond donors (Lipinski definition) is 1. The Kier molecular flexibility index (Phi) is 6.24. The molecule has 0 bridgehead atoms. The van der Waals surface area contributed by atoms with Gasteiger partial charge in [0.15, 0.2) is 0 Å². The molecule has 2 amide bonds. The van der Waals surface area contributed by atoms with Crippen molar-refractivity contribution < 1.29 is 22.7 Å². The molecule has 24 heavy (non-hydrogen) atoms. The van der Waals surface area contributed by atoms with Crippen LogP contribution in [0.3, 0.4) is 0 Å². The normalized spacial score (nSPS) is 17.4. The highest BCUT2D eigenvalue weighted by Gasteiger charge is 2.41. The monoisotopic (exact) mass is 346 g/mol. The predicted molar refractivity (Wildman–Crippen MR) is 81.8 cm³/mol. The molecule has 1 aromatic rings. The quantitative estimate of drug-likeness (QED) is 0.825. The lowest BCUT2D eigenvalue weighted by Gasteiger charge is -2.38. The van der Waals surface area contributed by atoms with Crippen molar-refractivity contribution in [3.05, 3.63) is 24.5 Å². The molecule has 6 nitrogen and oxygen atoms in total. The Morgan fingerprint density at radius 3 is 2.67 bits per heavy atom. The first-order chi connectivity index (χ1) is 11.4. The van der Waals surface area contributed by atoms with E-state index in [1.165, 1.54) is 9.80 Å². The molecule has 1 fully saturated rings. The molecule has 1 aromatic heterocycles. The number of piperazine rings is 1. The van der Waals surface area contributed by atoms with Gasteiger partial charge in [0, 0.05) is 32.4 Å². The van der Waals surface area contributed by atoms with Gasteiger partial charge in [-0.1, -0.05) is 0 Å². The topological polar surface area (TPSA) is 57.7 Å². The highest BCUT2D eigenvalue weighted by Crippen LogP contribution is 2.25. The van der Waals surface area contributed by atoms with Crippen LogP contribution in [-0.2, 0) is 0 Å². The summed E-state index contributed by atoms with van der Waals surface area (Å²) >= 11 is 0. The minimum atomic E-state index is -4.24. The second-order valence-corrected chi connectivity index (χ2v) is 5.51. The van der Waals surface area contributed by atoms with Gasteiger partial charge in [0.2, 0.25) is 0 Å². The zero-order chi connectivity index (χ0) is 17.6. The van der Waals surface area contributed by atoms with E-state index in [-0.39, 0.29) is 32.2 Å². The summed E-state index contributed by atoms with van der Waals surface area (Å²) in [4.78, 5) is 18.8. The SMILES string of the molecule is C[C@H](N1CCN(C(=O)NCCOc2cccnc2)CC1)C(F)(F)F. The summed E-state index contributed by atoms with van der Waals surface area (Å²) < 4.78 is 43.4. The second-order valence-electron chi connectivity index (χ2n) is 5.51. The van der Waals surface area contributed by atoms with Gasteiger partial charge in [-0.15, -0.1) is 0 Å². The lowest BCUT2D eigenvalue weighted by molar-refractivity contribution is -0.181. The Labute approximate surface area is 138 Å². The fraction of sp³-hybridized carbons (Fsp3) is 0.600. The van der Waals surface area contributed by atoms with Crippen LogP contribution in [-0.4, -0.2) is 72.4 Å². The molecule has 0 spiro atoms. The number of urea groups is 1. The second kappa shape index (κ2) is 8.18. The molecular formula is C15H21F3N4O2. The number of carbonyl (C=O) groups is 1. The highest BCUT2D eigenvalue weighted by atomic mass is 19.4. The van der Waals surface area contributed by atoms with Crippen LogP contribution in [0.2, 0.25) is 0 Å². The molecular weight excluding hydrogens is 325 g/mol. The van der Waals surface area contributed by atoms with Crippen LogP contribution >= 0.6 is 0 Å². The van der Waals surface area contributed by atoms with Crippen LogP contribution in [0.1, 0.15) is 6.92 Å². The van der Waals surface area contributed by atoms with Crippen LogP contribution in [0.25, 0.3) is 0 Å². The Bertz CT molecular complexity index is 519. The van der Waals surface area contributed by atoms with Crippen molar-refractivity contribution in [2.75, 3.05) is 39.3 Å². The molecule has 0 aliphatic carbocycles. The van der Waals surface area contributed by atoms with Gasteiger partial charge in [-0.3, -0.25) is 9.88 Å². The Morgan fingerprint density at radius 2 is 2.08 bits per heavy atom. The maximum Gasteiger partial charge on any atom is 0.403 e. The molecule has 2 rings (SSSR count). The van der Waals surface area contributed by atoms with E-state index in [1.807, 2.05) is 0 Å². The van der Waals surface area contributed by atoms with E-state index in [9.17, 15) is 18.0 Å². The number of pyridine rings is 1. The van der Waals surface area contributed by atoms with Crippen molar-refractivity contribution in [2.24, 2.45) is 0 Å². The summed E-state index contributed by atoms with van der Waals surface area (Å²) in [6.45, 7) is 2.72. The zero-order valence-corrected chi connectivity index (χ0v) is 13.4. The maximum absolute atomic E-state index is 12.7. The van der Waals surface area contributed by atoms with Gasteiger partial charge in [0.1, 0.15) is 18.4 Å². The zero-order valence-electron chi connectivity index (χ0n) is 13.4.